The summed E-state index contributed by atoms with van der Waals surface area (Å²) in [6, 6.07) is 9.13. The molecule has 2 aromatic rings. The van der Waals surface area contributed by atoms with Crippen LogP contribution in [0.25, 0.3) is 0 Å². The Bertz CT molecular complexity index is 815. The molecule has 2 rings (SSSR count). The molecule has 0 aliphatic rings. The number of nitrogens with zero attached hydrogens (tertiary/aromatic N) is 2. The van der Waals surface area contributed by atoms with Crippen molar-refractivity contribution in [3.63, 3.8) is 0 Å². The lowest BCUT2D eigenvalue weighted by Crippen LogP contribution is -2.24. The smallest absolute Gasteiger partial charge is 0.282 e. The number of carbonyl (C=O) groups is 1. The molecule has 1 heterocycles. The minimum absolute atomic E-state index is 0. The monoisotopic (exact) mass is 378 g/mol. The molecular weight excluding hydrogens is 352 g/mol. The van der Waals surface area contributed by atoms with Crippen LogP contribution < -0.4 is 11.5 Å². The highest BCUT2D eigenvalue weighted by atomic mass is 35.5. The average Bonchev–Trinajstić information content (AvgIpc) is 2.83. The first-order chi connectivity index (χ1) is 11.6. The number of aliphatic imine (C=N–C) groups is 1. The van der Waals surface area contributed by atoms with Gasteiger partial charge in [0.25, 0.3) is 5.91 Å². The molecular formula is C19H27ClN4O2. The van der Waals surface area contributed by atoms with Crippen molar-refractivity contribution in [3.8, 4) is 5.75 Å². The number of amides is 1. The van der Waals surface area contributed by atoms with E-state index in [1.807, 2.05) is 25.1 Å². The molecule has 6 nitrogen and oxygen atoms in total. The Balaban J connectivity index is 0.00000338. The maximum atomic E-state index is 12.3. The number of phenolic OH excluding ortho intramolecular Hbond substituents is 1. The lowest BCUT2D eigenvalue weighted by Gasteiger charge is -2.22. The normalized spacial score (nSPS) is 10.9. The topological polar surface area (TPSA) is 107 Å². The molecule has 5 N–H and O–H groups in total. The van der Waals surface area contributed by atoms with Crippen LogP contribution in [-0.2, 0) is 18.4 Å². The lowest BCUT2D eigenvalue weighted by molar-refractivity contribution is 0.100. The van der Waals surface area contributed by atoms with Gasteiger partial charge in [-0.25, -0.2) is 0 Å². The Morgan fingerprint density at radius 3 is 2.38 bits per heavy atom. The molecule has 0 aliphatic heterocycles. The van der Waals surface area contributed by atoms with E-state index in [0.29, 0.717) is 18.5 Å². The number of rotatable bonds is 4. The number of aromatic nitrogens is 1. The van der Waals surface area contributed by atoms with Gasteiger partial charge >= 0.3 is 0 Å². The van der Waals surface area contributed by atoms with Crippen LogP contribution >= 0.6 is 12.4 Å². The Morgan fingerprint density at radius 2 is 1.85 bits per heavy atom. The van der Waals surface area contributed by atoms with E-state index in [1.54, 1.807) is 12.1 Å². The van der Waals surface area contributed by atoms with Crippen molar-refractivity contribution >= 4 is 24.3 Å². The molecule has 26 heavy (non-hydrogen) atoms. The summed E-state index contributed by atoms with van der Waals surface area (Å²) >= 11 is 0. The van der Waals surface area contributed by atoms with Gasteiger partial charge in [-0.2, -0.15) is 4.99 Å². The highest BCUT2D eigenvalue weighted by Crippen LogP contribution is 2.29. The Hall–Kier alpha value is -2.47. The van der Waals surface area contributed by atoms with Crippen LogP contribution in [-0.4, -0.2) is 21.5 Å². The molecule has 0 spiro atoms. The molecule has 0 saturated heterocycles. The maximum absolute atomic E-state index is 12.3. The quantitative estimate of drug-likeness (QED) is 0.561. The largest absolute Gasteiger partial charge is 0.508 e. The predicted molar refractivity (Wildman–Crippen MR) is 107 cm³/mol. The van der Waals surface area contributed by atoms with Gasteiger partial charge in [0.15, 0.2) is 5.96 Å². The van der Waals surface area contributed by atoms with E-state index in [0.717, 1.165) is 17.0 Å². The third-order valence-corrected chi connectivity index (χ3v) is 4.19. The Morgan fingerprint density at radius 1 is 1.23 bits per heavy atom. The SMILES string of the molecule is Cc1c(C(=O)N=C(N)N)cc(C(C)(C)C)n1CCc1ccccc1O.Cl. The minimum Gasteiger partial charge on any atom is -0.508 e. The highest BCUT2D eigenvalue weighted by molar-refractivity contribution is 6.02. The second kappa shape index (κ2) is 8.27. The molecule has 1 aromatic heterocycles. The first-order valence-electron chi connectivity index (χ1n) is 8.22. The zero-order valence-electron chi connectivity index (χ0n) is 15.6. The van der Waals surface area contributed by atoms with E-state index in [4.69, 9.17) is 11.5 Å². The number of aromatic hydroxyl groups is 1. The summed E-state index contributed by atoms with van der Waals surface area (Å²) in [5, 5.41) is 9.97. The van der Waals surface area contributed by atoms with Crippen molar-refractivity contribution in [1.29, 1.82) is 0 Å². The number of hydrogen-bond donors (Lipinski definition) is 3. The summed E-state index contributed by atoms with van der Waals surface area (Å²) in [7, 11) is 0. The Kier molecular flexibility index (Phi) is 6.86. The van der Waals surface area contributed by atoms with Gasteiger partial charge in [0.2, 0.25) is 0 Å². The van der Waals surface area contributed by atoms with Crippen LogP contribution in [0.15, 0.2) is 35.3 Å². The molecule has 0 aliphatic carbocycles. The number of halogens is 1. The van der Waals surface area contributed by atoms with E-state index >= 15 is 0 Å². The number of nitrogens with two attached hydrogens (primary N) is 2. The van der Waals surface area contributed by atoms with E-state index in [1.165, 1.54) is 0 Å². The van der Waals surface area contributed by atoms with Crippen LogP contribution in [0.1, 0.15) is 48.1 Å². The van der Waals surface area contributed by atoms with Gasteiger partial charge in [-0.3, -0.25) is 4.79 Å². The second-order valence-corrected chi connectivity index (χ2v) is 7.15. The van der Waals surface area contributed by atoms with Crippen molar-refractivity contribution in [1.82, 2.24) is 4.57 Å². The van der Waals surface area contributed by atoms with E-state index in [2.05, 4.69) is 30.3 Å². The van der Waals surface area contributed by atoms with E-state index in [-0.39, 0.29) is 29.5 Å². The zero-order valence-corrected chi connectivity index (χ0v) is 16.4. The van der Waals surface area contributed by atoms with Crippen LogP contribution in [0, 0.1) is 6.92 Å². The summed E-state index contributed by atoms with van der Waals surface area (Å²) < 4.78 is 2.10. The van der Waals surface area contributed by atoms with E-state index in [9.17, 15) is 9.90 Å². The maximum Gasteiger partial charge on any atom is 0.282 e. The molecule has 1 amide bonds. The predicted octanol–water partition coefficient (Wildman–Crippen LogP) is 2.88. The standard InChI is InChI=1S/C19H26N4O2.ClH/c1-12-14(17(25)22-18(20)21)11-16(19(2,3)4)23(12)10-9-13-7-5-6-8-15(13)24;/h5-8,11,24H,9-10H2,1-4H3,(H4,20,21,22,25);1H. The fourth-order valence-corrected chi connectivity index (χ4v) is 2.90. The van der Waals surface area contributed by atoms with E-state index < -0.39 is 5.91 Å². The summed E-state index contributed by atoms with van der Waals surface area (Å²) in [5.74, 6) is -0.408. The van der Waals surface area contributed by atoms with Gasteiger partial charge in [0, 0.05) is 23.3 Å². The highest BCUT2D eigenvalue weighted by Gasteiger charge is 2.25. The first kappa shape index (κ1) is 21.6. The lowest BCUT2D eigenvalue weighted by atomic mass is 9.91. The summed E-state index contributed by atoms with van der Waals surface area (Å²) in [4.78, 5) is 16.0. The number of guanidine groups is 1. The zero-order chi connectivity index (χ0) is 18.8. The number of phenols is 1. The number of para-hydroxylation sites is 1. The van der Waals surface area contributed by atoms with Gasteiger partial charge in [0.1, 0.15) is 5.75 Å². The van der Waals surface area contributed by atoms with Crippen LogP contribution in [0.2, 0.25) is 0 Å². The van der Waals surface area contributed by atoms with Crippen molar-refractivity contribution in [2.45, 2.75) is 46.1 Å². The summed E-state index contributed by atoms with van der Waals surface area (Å²) in [6.45, 7) is 8.80. The third-order valence-electron chi connectivity index (χ3n) is 4.19. The molecule has 1 aromatic carbocycles. The number of aryl methyl sites for hydroxylation is 1. The van der Waals surface area contributed by atoms with Crippen molar-refractivity contribution in [3.05, 3.63) is 52.8 Å². The summed E-state index contributed by atoms with van der Waals surface area (Å²) in [5.41, 5.74) is 13.7. The van der Waals surface area contributed by atoms with Crippen LogP contribution in [0.3, 0.4) is 0 Å². The molecule has 0 fully saturated rings. The number of hydrogen-bond acceptors (Lipinski definition) is 2. The van der Waals surface area contributed by atoms with Gasteiger partial charge in [-0.1, -0.05) is 39.0 Å². The second-order valence-electron chi connectivity index (χ2n) is 7.15. The Labute approximate surface area is 160 Å². The molecule has 0 atom stereocenters. The van der Waals surface area contributed by atoms with Crippen molar-refractivity contribution in [2.24, 2.45) is 16.5 Å². The third kappa shape index (κ3) is 4.79. The van der Waals surface area contributed by atoms with Crippen molar-refractivity contribution in [2.75, 3.05) is 0 Å². The van der Waals surface area contributed by atoms with Gasteiger partial charge in [-0.05, 0) is 31.0 Å². The summed E-state index contributed by atoms with van der Waals surface area (Å²) in [6.07, 6.45) is 0.654. The van der Waals surface area contributed by atoms with Crippen LogP contribution in [0.5, 0.6) is 5.75 Å². The van der Waals surface area contributed by atoms with Gasteiger partial charge in [-0.15, -0.1) is 12.4 Å². The molecule has 142 valence electrons. The molecule has 0 saturated carbocycles. The average molecular weight is 379 g/mol. The van der Waals surface area contributed by atoms with Gasteiger partial charge < -0.3 is 21.1 Å². The molecule has 0 unspecified atom stereocenters. The number of benzene rings is 1. The fourth-order valence-electron chi connectivity index (χ4n) is 2.90. The molecule has 0 radical (unpaired) electrons. The number of carbonyl (C=O) groups excluding carboxylic acids is 1. The molecule has 0 bridgehead atoms. The molecule has 7 heteroatoms. The fraction of sp³-hybridized carbons (Fsp3) is 0.368. The van der Waals surface area contributed by atoms with Gasteiger partial charge in [0.05, 0.1) is 5.56 Å². The minimum atomic E-state index is -0.440. The van der Waals surface area contributed by atoms with Crippen molar-refractivity contribution < 1.29 is 9.90 Å². The van der Waals surface area contributed by atoms with Crippen LogP contribution in [0.4, 0.5) is 0 Å². The first-order valence-corrected chi connectivity index (χ1v) is 8.22.